The van der Waals surface area contributed by atoms with Crippen LogP contribution < -0.4 is 5.32 Å². The summed E-state index contributed by atoms with van der Waals surface area (Å²) in [7, 11) is 1.70. The van der Waals surface area contributed by atoms with E-state index in [2.05, 4.69) is 31.2 Å². The van der Waals surface area contributed by atoms with E-state index in [-0.39, 0.29) is 0 Å². The van der Waals surface area contributed by atoms with E-state index < -0.39 is 0 Å². The summed E-state index contributed by atoms with van der Waals surface area (Å²) in [4.78, 5) is 8.69. The van der Waals surface area contributed by atoms with Crippen molar-refractivity contribution in [2.24, 2.45) is 0 Å². The maximum atomic E-state index is 4.97. The van der Waals surface area contributed by atoms with E-state index in [0.29, 0.717) is 6.61 Å². The summed E-state index contributed by atoms with van der Waals surface area (Å²) in [5.74, 6) is 0. The average Bonchev–Trinajstić information content (AvgIpc) is 2.85. The minimum absolute atomic E-state index is 0.712. The summed E-state index contributed by atoms with van der Waals surface area (Å²) in [5, 5.41) is 3.26. The Morgan fingerprint density at radius 3 is 2.95 bits per heavy atom. The van der Waals surface area contributed by atoms with Crippen LogP contribution in [-0.4, -0.2) is 34.8 Å². The number of hydrogen-bond donors (Lipinski definition) is 1. The third-order valence-electron chi connectivity index (χ3n) is 2.61. The van der Waals surface area contributed by atoms with Gasteiger partial charge >= 0.3 is 0 Å². The van der Waals surface area contributed by atoms with Crippen molar-refractivity contribution in [3.63, 3.8) is 0 Å². The number of hydrogen-bond acceptors (Lipinski definition) is 4. The van der Waals surface area contributed by atoms with Crippen LogP contribution in [0.15, 0.2) is 35.3 Å². The summed E-state index contributed by atoms with van der Waals surface area (Å²) < 4.78 is 8.00. The summed E-state index contributed by atoms with van der Waals surface area (Å²) in [6.45, 7) is 3.03. The summed E-state index contributed by atoms with van der Waals surface area (Å²) >= 11 is 3.38. The Morgan fingerprint density at radius 1 is 1.32 bits per heavy atom. The molecule has 102 valence electrons. The van der Waals surface area contributed by atoms with Crippen LogP contribution in [0, 0.1) is 0 Å². The zero-order valence-corrected chi connectivity index (χ0v) is 12.4. The predicted octanol–water partition coefficient (Wildman–Crippen LogP) is 1.82. The summed E-state index contributed by atoms with van der Waals surface area (Å²) in [5.41, 5.74) is 2.03. The molecular formula is C13H17BrN4O. The van der Waals surface area contributed by atoms with E-state index in [1.807, 2.05) is 29.2 Å². The van der Waals surface area contributed by atoms with Gasteiger partial charge in [-0.1, -0.05) is 0 Å². The maximum absolute atomic E-state index is 4.97. The number of nitrogens with zero attached hydrogens (tertiary/aromatic N) is 3. The van der Waals surface area contributed by atoms with Crippen LogP contribution in [0.25, 0.3) is 0 Å². The van der Waals surface area contributed by atoms with Crippen molar-refractivity contribution in [2.75, 3.05) is 20.3 Å². The van der Waals surface area contributed by atoms with E-state index in [0.717, 1.165) is 35.5 Å². The van der Waals surface area contributed by atoms with Crippen molar-refractivity contribution in [2.45, 2.75) is 13.1 Å². The number of ether oxygens (including phenoxy) is 1. The Labute approximate surface area is 121 Å². The van der Waals surface area contributed by atoms with Gasteiger partial charge in [-0.2, -0.15) is 0 Å². The number of methoxy groups -OCH3 is 1. The largest absolute Gasteiger partial charge is 0.383 e. The number of aromatic nitrogens is 3. The summed E-state index contributed by atoms with van der Waals surface area (Å²) in [6, 6.07) is 3.99. The van der Waals surface area contributed by atoms with Crippen molar-refractivity contribution < 1.29 is 4.74 Å². The molecular weight excluding hydrogens is 308 g/mol. The Morgan fingerprint density at radius 2 is 2.21 bits per heavy atom. The molecule has 0 aliphatic rings. The zero-order chi connectivity index (χ0) is 13.5. The highest BCUT2D eigenvalue weighted by atomic mass is 79.9. The Hall–Kier alpha value is -1.24. The molecule has 6 heteroatoms. The second-order valence-corrected chi connectivity index (χ2v) is 5.09. The Kier molecular flexibility index (Phi) is 5.50. The second-order valence-electron chi connectivity index (χ2n) is 4.17. The van der Waals surface area contributed by atoms with Gasteiger partial charge in [0, 0.05) is 37.1 Å². The minimum atomic E-state index is 0.712. The topological polar surface area (TPSA) is 52.0 Å². The van der Waals surface area contributed by atoms with Crippen LogP contribution in [0.2, 0.25) is 0 Å². The van der Waals surface area contributed by atoms with Crippen LogP contribution in [-0.2, 0) is 17.8 Å². The minimum Gasteiger partial charge on any atom is -0.383 e. The molecule has 0 radical (unpaired) electrons. The molecule has 0 aromatic carbocycles. The normalized spacial score (nSPS) is 10.8. The van der Waals surface area contributed by atoms with Crippen LogP contribution >= 0.6 is 15.9 Å². The highest BCUT2D eigenvalue weighted by Crippen LogP contribution is 2.08. The first-order valence-corrected chi connectivity index (χ1v) is 6.88. The van der Waals surface area contributed by atoms with Crippen molar-refractivity contribution in [3.8, 4) is 0 Å². The van der Waals surface area contributed by atoms with E-state index in [1.165, 1.54) is 0 Å². The molecule has 0 amide bonds. The van der Waals surface area contributed by atoms with Gasteiger partial charge in [-0.05, 0) is 28.1 Å². The van der Waals surface area contributed by atoms with Gasteiger partial charge in [-0.15, -0.1) is 0 Å². The van der Waals surface area contributed by atoms with E-state index in [9.17, 15) is 0 Å². The molecule has 19 heavy (non-hydrogen) atoms. The van der Waals surface area contributed by atoms with E-state index in [1.54, 1.807) is 13.3 Å². The summed E-state index contributed by atoms with van der Waals surface area (Å²) in [6.07, 6.45) is 5.67. The fourth-order valence-electron chi connectivity index (χ4n) is 1.66. The standard InChI is InChI=1S/C13H17BrN4O/c1-19-5-4-15-7-13-9-18(10-17-13)8-12-3-2-11(14)6-16-12/h2-3,6,9-10,15H,4-5,7-8H2,1H3. The van der Waals surface area contributed by atoms with Crippen LogP contribution in [0.4, 0.5) is 0 Å². The average molecular weight is 325 g/mol. The molecule has 0 unspecified atom stereocenters. The molecule has 5 nitrogen and oxygen atoms in total. The number of nitrogens with one attached hydrogen (secondary N) is 1. The molecule has 2 aromatic heterocycles. The van der Waals surface area contributed by atoms with Crippen molar-refractivity contribution in [3.05, 3.63) is 46.7 Å². The highest BCUT2D eigenvalue weighted by molar-refractivity contribution is 9.10. The molecule has 0 fully saturated rings. The molecule has 0 saturated heterocycles. The molecule has 0 aliphatic heterocycles. The van der Waals surface area contributed by atoms with Gasteiger partial charge in [-0.25, -0.2) is 4.98 Å². The van der Waals surface area contributed by atoms with E-state index in [4.69, 9.17) is 4.74 Å². The third kappa shape index (κ3) is 4.74. The molecule has 0 saturated carbocycles. The Balaban J connectivity index is 1.85. The quantitative estimate of drug-likeness (QED) is 0.789. The van der Waals surface area contributed by atoms with Crippen LogP contribution in [0.1, 0.15) is 11.4 Å². The maximum Gasteiger partial charge on any atom is 0.0953 e. The molecule has 0 atom stereocenters. The van der Waals surface area contributed by atoms with Gasteiger partial charge in [0.15, 0.2) is 0 Å². The molecule has 2 aromatic rings. The third-order valence-corrected chi connectivity index (χ3v) is 3.08. The zero-order valence-electron chi connectivity index (χ0n) is 10.8. The second kappa shape index (κ2) is 7.37. The van der Waals surface area contributed by atoms with E-state index >= 15 is 0 Å². The smallest absolute Gasteiger partial charge is 0.0953 e. The number of pyridine rings is 1. The fourth-order valence-corrected chi connectivity index (χ4v) is 1.90. The number of rotatable bonds is 7. The lowest BCUT2D eigenvalue weighted by molar-refractivity contribution is 0.199. The van der Waals surface area contributed by atoms with Gasteiger partial charge in [0.1, 0.15) is 0 Å². The Bertz CT molecular complexity index is 498. The molecule has 2 rings (SSSR count). The molecule has 1 N–H and O–H groups in total. The molecule has 2 heterocycles. The van der Waals surface area contributed by atoms with Crippen molar-refractivity contribution in [1.29, 1.82) is 0 Å². The van der Waals surface area contributed by atoms with Gasteiger partial charge in [0.2, 0.25) is 0 Å². The van der Waals surface area contributed by atoms with Gasteiger partial charge in [0.25, 0.3) is 0 Å². The van der Waals surface area contributed by atoms with Gasteiger partial charge in [-0.3, -0.25) is 4.98 Å². The number of halogens is 1. The van der Waals surface area contributed by atoms with Crippen molar-refractivity contribution >= 4 is 15.9 Å². The molecule has 0 spiro atoms. The van der Waals surface area contributed by atoms with Crippen LogP contribution in [0.5, 0.6) is 0 Å². The lowest BCUT2D eigenvalue weighted by Gasteiger charge is -2.02. The SMILES string of the molecule is COCCNCc1cn(Cc2ccc(Br)cn2)cn1. The lowest BCUT2D eigenvalue weighted by Crippen LogP contribution is -2.18. The number of imidazole rings is 1. The van der Waals surface area contributed by atoms with Gasteiger partial charge in [0.05, 0.1) is 30.9 Å². The van der Waals surface area contributed by atoms with Gasteiger partial charge < -0.3 is 14.6 Å². The molecule has 0 bridgehead atoms. The van der Waals surface area contributed by atoms with Crippen molar-refractivity contribution in [1.82, 2.24) is 19.9 Å². The molecule has 0 aliphatic carbocycles. The highest BCUT2D eigenvalue weighted by Gasteiger charge is 2.00. The predicted molar refractivity (Wildman–Crippen MR) is 76.8 cm³/mol. The first kappa shape index (κ1) is 14.2. The lowest BCUT2D eigenvalue weighted by atomic mass is 10.3. The first-order valence-electron chi connectivity index (χ1n) is 6.08. The van der Waals surface area contributed by atoms with Crippen LogP contribution in [0.3, 0.4) is 0 Å². The monoisotopic (exact) mass is 324 g/mol. The fraction of sp³-hybridized carbons (Fsp3) is 0.385. The first-order chi connectivity index (χ1) is 9.28.